The van der Waals surface area contributed by atoms with E-state index in [9.17, 15) is 14.7 Å². The van der Waals surface area contributed by atoms with Gasteiger partial charge in [0.1, 0.15) is 22.3 Å². The van der Waals surface area contributed by atoms with Gasteiger partial charge in [0.15, 0.2) is 16.8 Å². The van der Waals surface area contributed by atoms with E-state index in [1.54, 1.807) is 23.4 Å². The standard InChI is InChI=1S/C21H22ClN5O2.C16H19Cl2N5O2/c1-13(2)15-5-3-4-6-16(15)18-17-11-14(22)12-23-19(17)20(25-24-18)26-7-9-27(10-8-26)21(28)29;1-16(2,3)25-15(24)23-6-4-22(5-7-23)14-12-11(13(18)20-21-14)8-10(17)9-19-12/h3-6,11-13H,7-10H2,1-2H3,(H,28,29);8-9H,4-7H2,1-3H3. The van der Waals surface area contributed by atoms with Crippen molar-refractivity contribution in [3.8, 4) is 11.3 Å². The van der Waals surface area contributed by atoms with Crippen molar-refractivity contribution in [1.82, 2.24) is 40.2 Å². The number of piperazine rings is 2. The molecule has 2 fully saturated rings. The second-order valence-corrected chi connectivity index (χ2v) is 15.5. The number of anilines is 2. The number of hydrogen-bond donors (Lipinski definition) is 1. The Hall–Kier alpha value is -4.79. The molecule has 2 amide bonds. The number of benzene rings is 1. The number of fused-ring (bicyclic) bond motifs is 2. The molecule has 1 aromatic carbocycles. The summed E-state index contributed by atoms with van der Waals surface area (Å²) in [5.41, 5.74) is 3.83. The van der Waals surface area contributed by atoms with Crippen LogP contribution in [0.25, 0.3) is 33.1 Å². The van der Waals surface area contributed by atoms with Crippen molar-refractivity contribution in [1.29, 1.82) is 0 Å². The zero-order chi connectivity index (χ0) is 38.7. The van der Waals surface area contributed by atoms with Crippen LogP contribution in [0.1, 0.15) is 46.1 Å². The van der Waals surface area contributed by atoms with Crippen molar-refractivity contribution in [2.45, 2.75) is 46.1 Å². The number of nitrogens with zero attached hydrogens (tertiary/aromatic N) is 10. The highest BCUT2D eigenvalue weighted by molar-refractivity contribution is 6.36. The number of carboxylic acid groups (broad SMARTS) is 1. The molecule has 2 aliphatic heterocycles. The molecule has 5 aromatic rings. The quantitative estimate of drug-likeness (QED) is 0.190. The van der Waals surface area contributed by atoms with Crippen LogP contribution in [0.3, 0.4) is 0 Å². The molecule has 0 spiro atoms. The lowest BCUT2D eigenvalue weighted by Crippen LogP contribution is -2.50. The van der Waals surface area contributed by atoms with E-state index in [4.69, 9.17) is 39.5 Å². The molecule has 0 atom stereocenters. The van der Waals surface area contributed by atoms with Gasteiger partial charge in [0.25, 0.3) is 0 Å². The first-order valence-corrected chi connectivity index (χ1v) is 18.7. The van der Waals surface area contributed by atoms with Crippen LogP contribution in [0.5, 0.6) is 0 Å². The van der Waals surface area contributed by atoms with Crippen LogP contribution in [0.2, 0.25) is 15.2 Å². The molecule has 17 heteroatoms. The highest BCUT2D eigenvalue weighted by Crippen LogP contribution is 2.36. The third kappa shape index (κ3) is 8.77. The largest absolute Gasteiger partial charge is 0.465 e. The summed E-state index contributed by atoms with van der Waals surface area (Å²) in [7, 11) is 0. The van der Waals surface area contributed by atoms with Crippen LogP contribution in [0.15, 0.2) is 48.8 Å². The lowest BCUT2D eigenvalue weighted by Gasteiger charge is -2.36. The van der Waals surface area contributed by atoms with E-state index < -0.39 is 11.7 Å². The monoisotopic (exact) mass is 794 g/mol. The van der Waals surface area contributed by atoms with Gasteiger partial charge in [-0.3, -0.25) is 9.97 Å². The van der Waals surface area contributed by atoms with E-state index in [0.717, 1.165) is 22.2 Å². The fourth-order valence-electron chi connectivity index (χ4n) is 6.34. The molecule has 4 aromatic heterocycles. The Morgan fingerprint density at radius 3 is 1.81 bits per heavy atom. The third-order valence-corrected chi connectivity index (χ3v) is 9.70. The Labute approximate surface area is 328 Å². The summed E-state index contributed by atoms with van der Waals surface area (Å²) in [5.74, 6) is 1.63. The van der Waals surface area contributed by atoms with Gasteiger partial charge in [-0.1, -0.05) is 72.9 Å². The van der Waals surface area contributed by atoms with E-state index in [-0.39, 0.29) is 11.2 Å². The number of hydrogen-bond acceptors (Lipinski definition) is 11. The number of amides is 2. The molecule has 284 valence electrons. The minimum absolute atomic E-state index is 0.265. The molecule has 54 heavy (non-hydrogen) atoms. The minimum atomic E-state index is -0.897. The Morgan fingerprint density at radius 1 is 0.741 bits per heavy atom. The predicted molar refractivity (Wildman–Crippen MR) is 211 cm³/mol. The van der Waals surface area contributed by atoms with E-state index in [2.05, 4.69) is 50.3 Å². The first-order valence-electron chi connectivity index (χ1n) is 17.5. The van der Waals surface area contributed by atoms with Gasteiger partial charge >= 0.3 is 12.2 Å². The van der Waals surface area contributed by atoms with Gasteiger partial charge in [0, 0.05) is 81.1 Å². The Balaban J connectivity index is 0.000000186. The van der Waals surface area contributed by atoms with Crippen LogP contribution >= 0.6 is 34.8 Å². The summed E-state index contributed by atoms with van der Waals surface area (Å²) >= 11 is 18.4. The molecule has 6 heterocycles. The Kier molecular flexibility index (Phi) is 11.7. The van der Waals surface area contributed by atoms with Gasteiger partial charge in [0.05, 0.1) is 10.0 Å². The Bertz CT molecular complexity index is 2170. The molecular weight excluding hydrogens is 755 g/mol. The van der Waals surface area contributed by atoms with Crippen molar-refractivity contribution in [2.24, 2.45) is 0 Å². The second kappa shape index (κ2) is 16.3. The van der Waals surface area contributed by atoms with Crippen LogP contribution in [0, 0.1) is 0 Å². The molecule has 0 bridgehead atoms. The summed E-state index contributed by atoms with van der Waals surface area (Å²) in [6.07, 6.45) is 1.97. The van der Waals surface area contributed by atoms with Gasteiger partial charge < -0.3 is 29.4 Å². The highest BCUT2D eigenvalue weighted by Gasteiger charge is 2.28. The van der Waals surface area contributed by atoms with Crippen LogP contribution in [-0.2, 0) is 4.74 Å². The average molecular weight is 796 g/mol. The topological polar surface area (TPSA) is 154 Å². The summed E-state index contributed by atoms with van der Waals surface area (Å²) in [5, 5.41) is 29.2. The number of ether oxygens (including phenoxy) is 1. The number of carbonyl (C=O) groups is 2. The molecule has 2 aliphatic rings. The van der Waals surface area contributed by atoms with E-state index in [1.807, 2.05) is 54.8 Å². The Morgan fingerprint density at radius 2 is 1.26 bits per heavy atom. The summed E-state index contributed by atoms with van der Waals surface area (Å²) in [6.45, 7) is 14.1. The summed E-state index contributed by atoms with van der Waals surface area (Å²) < 4.78 is 5.41. The highest BCUT2D eigenvalue weighted by atomic mass is 35.5. The molecule has 7 rings (SSSR count). The predicted octanol–water partition coefficient (Wildman–Crippen LogP) is 7.66. The number of halogens is 3. The molecule has 14 nitrogen and oxygen atoms in total. The van der Waals surface area contributed by atoms with Gasteiger partial charge in [-0.2, -0.15) is 0 Å². The van der Waals surface area contributed by atoms with Gasteiger partial charge in [0.2, 0.25) is 0 Å². The third-order valence-electron chi connectivity index (χ3n) is 9.01. The molecular formula is C37H41Cl3N10O4. The average Bonchev–Trinajstić information content (AvgIpc) is 3.14. The molecule has 2 saturated heterocycles. The normalized spacial score (nSPS) is 15.1. The SMILES string of the molecule is CC(C)(C)OC(=O)N1CCN(c2nnc(Cl)c3cc(Cl)cnc23)CC1.CC(C)c1ccccc1-c1nnc(N2CCN(C(=O)O)CC2)c2ncc(Cl)cc12. The smallest absolute Gasteiger partial charge is 0.410 e. The number of aromatic nitrogens is 6. The van der Waals surface area contributed by atoms with Crippen molar-refractivity contribution in [3.63, 3.8) is 0 Å². The zero-order valence-electron chi connectivity index (χ0n) is 30.6. The van der Waals surface area contributed by atoms with Crippen LogP contribution in [0.4, 0.5) is 21.2 Å². The maximum Gasteiger partial charge on any atom is 0.410 e. The number of rotatable bonds is 4. The zero-order valence-corrected chi connectivity index (χ0v) is 32.9. The van der Waals surface area contributed by atoms with Gasteiger partial charge in [-0.25, -0.2) is 9.59 Å². The maximum atomic E-state index is 12.2. The van der Waals surface area contributed by atoms with Crippen molar-refractivity contribution in [3.05, 3.63) is 69.6 Å². The molecule has 1 N–H and O–H groups in total. The first kappa shape index (κ1) is 38.9. The molecule has 0 unspecified atom stereocenters. The molecule has 0 aliphatic carbocycles. The maximum absolute atomic E-state index is 12.2. The summed E-state index contributed by atoms with van der Waals surface area (Å²) in [4.78, 5) is 39.4. The fraction of sp³-hybridized carbons (Fsp3) is 0.405. The van der Waals surface area contributed by atoms with Gasteiger partial charge in [-0.05, 0) is 44.4 Å². The van der Waals surface area contributed by atoms with Gasteiger partial charge in [-0.15, -0.1) is 20.4 Å². The first-order chi connectivity index (χ1) is 25.7. The van der Waals surface area contributed by atoms with Crippen molar-refractivity contribution >= 4 is 80.4 Å². The number of carbonyl (C=O) groups excluding carboxylic acids is 1. The molecule has 0 saturated carbocycles. The summed E-state index contributed by atoms with van der Waals surface area (Å²) in [6, 6.07) is 11.8. The molecule has 0 radical (unpaired) electrons. The minimum Gasteiger partial charge on any atom is -0.465 e. The van der Waals surface area contributed by atoms with E-state index in [1.165, 1.54) is 10.5 Å². The lowest BCUT2D eigenvalue weighted by atomic mass is 9.94. The second-order valence-electron chi connectivity index (χ2n) is 14.2. The van der Waals surface area contributed by atoms with E-state index in [0.29, 0.717) is 90.9 Å². The van der Waals surface area contributed by atoms with E-state index >= 15 is 0 Å². The van der Waals surface area contributed by atoms with Crippen molar-refractivity contribution < 1.29 is 19.4 Å². The van der Waals surface area contributed by atoms with Crippen LogP contribution in [-0.4, -0.2) is 115 Å². The lowest BCUT2D eigenvalue weighted by molar-refractivity contribution is 0.0240. The van der Waals surface area contributed by atoms with Crippen molar-refractivity contribution in [2.75, 3.05) is 62.2 Å². The van der Waals surface area contributed by atoms with Crippen LogP contribution < -0.4 is 9.80 Å². The number of pyridine rings is 2. The fourth-order valence-corrected chi connectivity index (χ4v) is 6.84.